The van der Waals surface area contributed by atoms with Gasteiger partial charge in [-0.1, -0.05) is 12.1 Å². The summed E-state index contributed by atoms with van der Waals surface area (Å²) < 4.78 is 28.3. The molecule has 3 aromatic rings. The fraction of sp³-hybridized carbons (Fsp3) is 0.0625. The van der Waals surface area contributed by atoms with Crippen LogP contribution >= 0.6 is 0 Å². The summed E-state index contributed by atoms with van der Waals surface area (Å²) in [4.78, 5) is 4.00. The second-order valence-electron chi connectivity index (χ2n) is 4.61. The minimum absolute atomic E-state index is 0.291. The number of halogens is 2. The molecule has 0 spiro atoms. The maximum absolute atomic E-state index is 13.6. The van der Waals surface area contributed by atoms with Gasteiger partial charge in [0, 0.05) is 41.9 Å². The summed E-state index contributed by atoms with van der Waals surface area (Å²) in [5.41, 5.74) is 2.23. The predicted octanol–water partition coefficient (Wildman–Crippen LogP) is 3.76. The molecule has 0 aliphatic rings. The van der Waals surface area contributed by atoms with Crippen molar-refractivity contribution in [1.29, 1.82) is 0 Å². The molecule has 1 aromatic heterocycles. The smallest absolute Gasteiger partial charge is 0.131 e. The van der Waals surface area contributed by atoms with Gasteiger partial charge in [0.25, 0.3) is 0 Å². The van der Waals surface area contributed by atoms with Gasteiger partial charge in [0.2, 0.25) is 0 Å². The monoisotopic (exact) mass is 285 g/mol. The van der Waals surface area contributed by atoms with Gasteiger partial charge in [-0.05, 0) is 24.3 Å². The van der Waals surface area contributed by atoms with Crippen LogP contribution in [0.2, 0.25) is 0 Å². The van der Waals surface area contributed by atoms with E-state index in [2.05, 4.69) is 10.3 Å². The van der Waals surface area contributed by atoms with Crippen LogP contribution in [0.5, 0.6) is 0 Å². The van der Waals surface area contributed by atoms with Crippen molar-refractivity contribution in [3.05, 3.63) is 78.4 Å². The number of hydrogen-bond acceptors (Lipinski definition) is 2. The Morgan fingerprint density at radius 1 is 1.10 bits per heavy atom. The first-order valence-electron chi connectivity index (χ1n) is 6.48. The SMILES string of the molecule is Fc1ccc(CNc2cccc(-n3ccnc3)c2)c(F)c1. The zero-order valence-electron chi connectivity index (χ0n) is 11.1. The first-order chi connectivity index (χ1) is 10.2. The standard InChI is InChI=1S/C16H13F2N3/c17-13-5-4-12(16(18)8-13)10-20-14-2-1-3-15(9-14)21-7-6-19-11-21/h1-9,11,20H,10H2. The van der Waals surface area contributed by atoms with E-state index < -0.39 is 11.6 Å². The number of rotatable bonds is 4. The van der Waals surface area contributed by atoms with E-state index in [0.717, 1.165) is 17.4 Å². The molecule has 0 aliphatic carbocycles. The molecule has 0 radical (unpaired) electrons. The molecule has 0 amide bonds. The molecule has 106 valence electrons. The molecule has 0 unspecified atom stereocenters. The maximum Gasteiger partial charge on any atom is 0.131 e. The average molecular weight is 285 g/mol. The molecule has 3 nitrogen and oxygen atoms in total. The van der Waals surface area contributed by atoms with Gasteiger partial charge in [0.05, 0.1) is 6.33 Å². The Morgan fingerprint density at radius 3 is 2.76 bits per heavy atom. The van der Waals surface area contributed by atoms with E-state index in [9.17, 15) is 8.78 Å². The molecule has 0 atom stereocenters. The molecule has 3 rings (SSSR count). The largest absolute Gasteiger partial charge is 0.381 e. The number of benzene rings is 2. The van der Waals surface area contributed by atoms with Gasteiger partial charge in [-0.15, -0.1) is 0 Å². The van der Waals surface area contributed by atoms with Crippen molar-refractivity contribution < 1.29 is 8.78 Å². The van der Waals surface area contributed by atoms with Gasteiger partial charge in [-0.2, -0.15) is 0 Å². The van der Waals surface area contributed by atoms with E-state index in [1.807, 2.05) is 35.0 Å². The molecule has 2 aromatic carbocycles. The van der Waals surface area contributed by atoms with Gasteiger partial charge in [0.1, 0.15) is 11.6 Å². The van der Waals surface area contributed by atoms with Crippen molar-refractivity contribution >= 4 is 5.69 Å². The van der Waals surface area contributed by atoms with Crippen LogP contribution in [0.25, 0.3) is 5.69 Å². The van der Waals surface area contributed by atoms with Crippen LogP contribution < -0.4 is 5.32 Å². The van der Waals surface area contributed by atoms with Crippen LogP contribution in [0.3, 0.4) is 0 Å². The number of hydrogen-bond donors (Lipinski definition) is 1. The second-order valence-corrected chi connectivity index (χ2v) is 4.61. The van der Waals surface area contributed by atoms with Crippen molar-refractivity contribution in [3.63, 3.8) is 0 Å². The fourth-order valence-corrected chi connectivity index (χ4v) is 2.05. The van der Waals surface area contributed by atoms with Crippen molar-refractivity contribution in [2.45, 2.75) is 6.54 Å². The lowest BCUT2D eigenvalue weighted by Gasteiger charge is -2.09. The molecule has 21 heavy (non-hydrogen) atoms. The molecule has 0 bridgehead atoms. The highest BCUT2D eigenvalue weighted by Crippen LogP contribution is 2.16. The lowest BCUT2D eigenvalue weighted by Crippen LogP contribution is -2.02. The summed E-state index contributed by atoms with van der Waals surface area (Å²) in [6, 6.07) is 11.3. The van der Waals surface area contributed by atoms with E-state index in [4.69, 9.17) is 0 Å². The Morgan fingerprint density at radius 2 is 2.00 bits per heavy atom. The zero-order chi connectivity index (χ0) is 14.7. The van der Waals surface area contributed by atoms with Crippen LogP contribution in [0, 0.1) is 11.6 Å². The topological polar surface area (TPSA) is 29.9 Å². The summed E-state index contributed by atoms with van der Waals surface area (Å²) in [5, 5.41) is 3.13. The summed E-state index contributed by atoms with van der Waals surface area (Å²) in [5.74, 6) is -1.12. The Kier molecular flexibility index (Phi) is 3.64. The third-order valence-electron chi connectivity index (χ3n) is 3.15. The third-order valence-corrected chi connectivity index (χ3v) is 3.15. The summed E-state index contributed by atoms with van der Waals surface area (Å²) in [6.45, 7) is 0.291. The van der Waals surface area contributed by atoms with Crippen LogP contribution in [0.1, 0.15) is 5.56 Å². The quantitative estimate of drug-likeness (QED) is 0.791. The Bertz CT molecular complexity index is 739. The summed E-state index contributed by atoms with van der Waals surface area (Å²) >= 11 is 0. The van der Waals surface area contributed by atoms with Gasteiger partial charge in [-0.25, -0.2) is 13.8 Å². The van der Waals surface area contributed by atoms with Gasteiger partial charge in [0.15, 0.2) is 0 Å². The van der Waals surface area contributed by atoms with Crippen LogP contribution in [0.4, 0.5) is 14.5 Å². The van der Waals surface area contributed by atoms with Crippen LogP contribution in [-0.4, -0.2) is 9.55 Å². The fourth-order valence-electron chi connectivity index (χ4n) is 2.05. The van der Waals surface area contributed by atoms with Gasteiger partial charge >= 0.3 is 0 Å². The summed E-state index contributed by atoms with van der Waals surface area (Å²) in [7, 11) is 0. The van der Waals surface area contributed by atoms with Crippen molar-refractivity contribution in [1.82, 2.24) is 9.55 Å². The highest BCUT2D eigenvalue weighted by atomic mass is 19.1. The Hall–Kier alpha value is -2.69. The molecule has 0 fully saturated rings. The third kappa shape index (κ3) is 3.08. The van der Waals surface area contributed by atoms with Gasteiger partial charge in [-0.3, -0.25) is 0 Å². The summed E-state index contributed by atoms with van der Waals surface area (Å²) in [6.07, 6.45) is 5.26. The van der Waals surface area contributed by atoms with E-state index in [-0.39, 0.29) is 0 Å². The normalized spacial score (nSPS) is 10.6. The van der Waals surface area contributed by atoms with Crippen molar-refractivity contribution in [2.75, 3.05) is 5.32 Å². The number of aromatic nitrogens is 2. The molecule has 5 heteroatoms. The van der Waals surface area contributed by atoms with E-state index in [0.29, 0.717) is 12.1 Å². The van der Waals surface area contributed by atoms with Crippen LogP contribution in [-0.2, 0) is 6.54 Å². The predicted molar refractivity (Wildman–Crippen MR) is 77.2 cm³/mol. The second kappa shape index (κ2) is 5.75. The Balaban J connectivity index is 1.75. The number of nitrogens with zero attached hydrogens (tertiary/aromatic N) is 2. The van der Waals surface area contributed by atoms with Crippen molar-refractivity contribution in [3.8, 4) is 5.69 Å². The lowest BCUT2D eigenvalue weighted by molar-refractivity contribution is 0.574. The van der Waals surface area contributed by atoms with E-state index in [1.54, 1.807) is 12.5 Å². The number of imidazole rings is 1. The maximum atomic E-state index is 13.6. The number of nitrogens with one attached hydrogen (secondary N) is 1. The molecule has 0 saturated heterocycles. The van der Waals surface area contributed by atoms with E-state index in [1.165, 1.54) is 12.1 Å². The van der Waals surface area contributed by atoms with Gasteiger partial charge < -0.3 is 9.88 Å². The van der Waals surface area contributed by atoms with Crippen LogP contribution in [0.15, 0.2) is 61.2 Å². The average Bonchev–Trinajstić information content (AvgIpc) is 3.01. The Labute approximate surface area is 120 Å². The highest BCUT2D eigenvalue weighted by molar-refractivity contribution is 5.51. The zero-order valence-corrected chi connectivity index (χ0v) is 11.1. The molecular weight excluding hydrogens is 272 g/mol. The minimum atomic E-state index is -0.571. The van der Waals surface area contributed by atoms with E-state index >= 15 is 0 Å². The molecule has 0 aliphatic heterocycles. The first kappa shape index (κ1) is 13.3. The molecule has 1 N–H and O–H groups in total. The minimum Gasteiger partial charge on any atom is -0.381 e. The molecule has 0 saturated carbocycles. The molecule has 1 heterocycles. The lowest BCUT2D eigenvalue weighted by atomic mass is 10.2. The first-order valence-corrected chi connectivity index (χ1v) is 6.48. The molecular formula is C16H13F2N3. The van der Waals surface area contributed by atoms with Crippen molar-refractivity contribution in [2.24, 2.45) is 0 Å². The highest BCUT2D eigenvalue weighted by Gasteiger charge is 2.04. The number of anilines is 1.